The van der Waals surface area contributed by atoms with Crippen molar-refractivity contribution in [2.24, 2.45) is 0 Å². The summed E-state index contributed by atoms with van der Waals surface area (Å²) in [7, 11) is 0. The van der Waals surface area contributed by atoms with Crippen LogP contribution in [0.25, 0.3) is 5.57 Å². The largest absolute Gasteiger partial charge is 0.396 e. The molecule has 0 bridgehead atoms. The van der Waals surface area contributed by atoms with E-state index in [1.165, 1.54) is 0 Å². The summed E-state index contributed by atoms with van der Waals surface area (Å²) < 4.78 is 0. The zero-order valence-electron chi connectivity index (χ0n) is 12.9. The van der Waals surface area contributed by atoms with E-state index in [2.05, 4.69) is 25.7 Å². The molecule has 0 aliphatic carbocycles. The third kappa shape index (κ3) is 4.83. The highest BCUT2D eigenvalue weighted by atomic mass is 16.3. The highest BCUT2D eigenvalue weighted by Crippen LogP contribution is 2.25. The average Bonchev–Trinajstić information content (AvgIpc) is 2.52. The van der Waals surface area contributed by atoms with E-state index >= 15 is 0 Å². The summed E-state index contributed by atoms with van der Waals surface area (Å²) in [6.45, 7) is 7.83. The minimum atomic E-state index is -0.0604. The molecule has 0 aliphatic rings. The zero-order valence-corrected chi connectivity index (χ0v) is 12.9. The lowest BCUT2D eigenvalue weighted by Gasteiger charge is -2.13. The molecule has 0 amide bonds. The molecule has 0 spiro atoms. The van der Waals surface area contributed by atoms with Crippen molar-refractivity contribution in [2.45, 2.75) is 32.6 Å². The van der Waals surface area contributed by atoms with Crippen LogP contribution < -0.4 is 0 Å². The van der Waals surface area contributed by atoms with Crippen LogP contribution >= 0.6 is 0 Å². The molecular weight excluding hydrogens is 260 g/mol. The predicted octanol–water partition coefficient (Wildman–Crippen LogP) is 4.52. The van der Waals surface area contributed by atoms with Crippen molar-refractivity contribution in [3.05, 3.63) is 65.8 Å². The highest BCUT2D eigenvalue weighted by Gasteiger charge is 2.11. The van der Waals surface area contributed by atoms with Crippen molar-refractivity contribution >= 4 is 11.9 Å². The molecule has 0 fully saturated rings. The standard InChI is InChI=1S/C19H24O2/c1-4-6-7-9-16(8-5-2)17-10-11-18(14-21)19(12-17)15(3)13-20/h5,7-12,14-15,20H,2,4,6,13H2,1,3H3/b9-7-,16-8+. The maximum atomic E-state index is 11.1. The Morgan fingerprint density at radius 3 is 2.76 bits per heavy atom. The summed E-state index contributed by atoms with van der Waals surface area (Å²) in [5.41, 5.74) is 3.60. The molecular formula is C19H24O2. The molecule has 0 radical (unpaired) electrons. The van der Waals surface area contributed by atoms with E-state index < -0.39 is 0 Å². The van der Waals surface area contributed by atoms with Gasteiger partial charge >= 0.3 is 0 Å². The molecule has 1 aromatic rings. The molecule has 1 aromatic carbocycles. The number of carbonyl (C=O) groups excluding carboxylic acids is 1. The number of hydrogen-bond acceptors (Lipinski definition) is 2. The number of aliphatic hydroxyl groups is 1. The third-order valence-corrected chi connectivity index (χ3v) is 3.40. The van der Waals surface area contributed by atoms with Crippen molar-refractivity contribution in [1.29, 1.82) is 0 Å². The van der Waals surface area contributed by atoms with Crippen LogP contribution in [0, 0.1) is 0 Å². The first-order valence-electron chi connectivity index (χ1n) is 7.37. The zero-order chi connectivity index (χ0) is 15.7. The fourth-order valence-electron chi connectivity index (χ4n) is 2.14. The number of allylic oxidation sites excluding steroid dienone is 5. The van der Waals surface area contributed by atoms with E-state index in [-0.39, 0.29) is 12.5 Å². The predicted molar refractivity (Wildman–Crippen MR) is 89.6 cm³/mol. The van der Waals surface area contributed by atoms with Crippen molar-refractivity contribution in [3.8, 4) is 0 Å². The van der Waals surface area contributed by atoms with Crippen molar-refractivity contribution in [1.82, 2.24) is 0 Å². The second kappa shape index (κ2) is 9.09. The number of benzene rings is 1. The van der Waals surface area contributed by atoms with E-state index in [4.69, 9.17) is 0 Å². The second-order valence-corrected chi connectivity index (χ2v) is 5.09. The van der Waals surface area contributed by atoms with Crippen LogP contribution in [-0.2, 0) is 0 Å². The topological polar surface area (TPSA) is 37.3 Å². The maximum Gasteiger partial charge on any atom is 0.150 e. The second-order valence-electron chi connectivity index (χ2n) is 5.09. The Morgan fingerprint density at radius 2 is 2.19 bits per heavy atom. The number of aliphatic hydroxyl groups excluding tert-OH is 1. The van der Waals surface area contributed by atoms with Gasteiger partial charge in [-0.25, -0.2) is 0 Å². The van der Waals surface area contributed by atoms with Crippen molar-refractivity contribution in [2.75, 3.05) is 6.61 Å². The first-order chi connectivity index (χ1) is 10.2. The smallest absolute Gasteiger partial charge is 0.150 e. The number of unbranched alkanes of at least 4 members (excludes halogenated alkanes) is 1. The van der Waals surface area contributed by atoms with E-state index in [0.29, 0.717) is 5.56 Å². The molecule has 21 heavy (non-hydrogen) atoms. The van der Waals surface area contributed by atoms with Gasteiger partial charge in [0.2, 0.25) is 0 Å². The Labute approximate surface area is 127 Å². The molecule has 0 heterocycles. The van der Waals surface area contributed by atoms with Crippen LogP contribution in [0.15, 0.2) is 49.1 Å². The van der Waals surface area contributed by atoms with Crippen LogP contribution in [0.5, 0.6) is 0 Å². The van der Waals surface area contributed by atoms with Gasteiger partial charge < -0.3 is 5.11 Å². The third-order valence-electron chi connectivity index (χ3n) is 3.40. The average molecular weight is 284 g/mol. The van der Waals surface area contributed by atoms with E-state index in [9.17, 15) is 9.90 Å². The van der Waals surface area contributed by atoms with E-state index in [1.807, 2.05) is 31.2 Å². The normalized spacial score (nSPS) is 13.4. The Balaban J connectivity index is 3.24. The fraction of sp³-hybridized carbons (Fsp3) is 0.316. The quantitative estimate of drug-likeness (QED) is 0.563. The van der Waals surface area contributed by atoms with Gasteiger partial charge in [0, 0.05) is 18.1 Å². The van der Waals surface area contributed by atoms with Gasteiger partial charge in [0.25, 0.3) is 0 Å². The van der Waals surface area contributed by atoms with E-state index in [1.54, 1.807) is 6.08 Å². The number of aldehydes is 1. The summed E-state index contributed by atoms with van der Waals surface area (Å²) in [4.78, 5) is 11.1. The van der Waals surface area contributed by atoms with Crippen LogP contribution in [-0.4, -0.2) is 18.0 Å². The summed E-state index contributed by atoms with van der Waals surface area (Å²) in [5.74, 6) is -0.0604. The molecule has 0 aliphatic heterocycles. The molecule has 0 saturated carbocycles. The molecule has 0 saturated heterocycles. The van der Waals surface area contributed by atoms with Crippen molar-refractivity contribution < 1.29 is 9.90 Å². The lowest BCUT2D eigenvalue weighted by atomic mass is 9.92. The van der Waals surface area contributed by atoms with Gasteiger partial charge in [-0.1, -0.05) is 69.4 Å². The molecule has 1 N–H and O–H groups in total. The van der Waals surface area contributed by atoms with Gasteiger partial charge in [0.1, 0.15) is 6.29 Å². The van der Waals surface area contributed by atoms with Crippen LogP contribution in [0.3, 0.4) is 0 Å². The van der Waals surface area contributed by atoms with Crippen LogP contribution in [0.2, 0.25) is 0 Å². The summed E-state index contributed by atoms with van der Waals surface area (Å²) >= 11 is 0. The Hall–Kier alpha value is -1.93. The monoisotopic (exact) mass is 284 g/mol. The Bertz CT molecular complexity index is 538. The fourth-order valence-corrected chi connectivity index (χ4v) is 2.14. The first-order valence-corrected chi connectivity index (χ1v) is 7.37. The first kappa shape index (κ1) is 17.1. The molecule has 112 valence electrons. The van der Waals surface area contributed by atoms with Gasteiger partial charge in [0.05, 0.1) is 0 Å². The van der Waals surface area contributed by atoms with Crippen molar-refractivity contribution in [3.63, 3.8) is 0 Å². The van der Waals surface area contributed by atoms with E-state index in [0.717, 1.165) is 35.8 Å². The van der Waals surface area contributed by atoms with Gasteiger partial charge in [-0.3, -0.25) is 4.79 Å². The maximum absolute atomic E-state index is 11.1. The lowest BCUT2D eigenvalue weighted by Crippen LogP contribution is -2.04. The summed E-state index contributed by atoms with van der Waals surface area (Å²) in [6.07, 6.45) is 10.9. The number of carbonyl (C=O) groups is 1. The molecule has 1 atom stereocenters. The van der Waals surface area contributed by atoms with Gasteiger partial charge in [-0.05, 0) is 23.1 Å². The molecule has 1 unspecified atom stereocenters. The number of rotatable bonds is 8. The summed E-state index contributed by atoms with van der Waals surface area (Å²) in [6, 6.07) is 5.73. The SMILES string of the molecule is C=C/C=C(\C=C/CCC)c1ccc(C=O)c(C(C)CO)c1. The lowest BCUT2D eigenvalue weighted by molar-refractivity contribution is 0.112. The Kier molecular flexibility index (Phi) is 7.41. The van der Waals surface area contributed by atoms with Crippen LogP contribution in [0.4, 0.5) is 0 Å². The highest BCUT2D eigenvalue weighted by molar-refractivity contribution is 5.81. The molecule has 0 aromatic heterocycles. The molecule has 2 nitrogen and oxygen atoms in total. The molecule has 2 heteroatoms. The van der Waals surface area contributed by atoms with Gasteiger partial charge in [-0.2, -0.15) is 0 Å². The van der Waals surface area contributed by atoms with Gasteiger partial charge in [0.15, 0.2) is 0 Å². The number of hydrogen-bond donors (Lipinski definition) is 1. The summed E-state index contributed by atoms with van der Waals surface area (Å²) in [5, 5.41) is 9.35. The molecule has 1 rings (SSSR count). The van der Waals surface area contributed by atoms with Gasteiger partial charge in [-0.15, -0.1) is 0 Å². The minimum Gasteiger partial charge on any atom is -0.396 e. The minimum absolute atomic E-state index is 0.0243. The van der Waals surface area contributed by atoms with Crippen LogP contribution in [0.1, 0.15) is 54.1 Å². The Morgan fingerprint density at radius 1 is 1.43 bits per heavy atom.